The fourth-order valence-electron chi connectivity index (χ4n) is 1.19. The van der Waals surface area contributed by atoms with Crippen molar-refractivity contribution in [2.45, 2.75) is 4.90 Å². The first-order valence-corrected chi connectivity index (χ1v) is 6.09. The number of sulfone groups is 1. The van der Waals surface area contributed by atoms with E-state index >= 15 is 0 Å². The molecule has 0 heterocycles. The molecule has 0 unspecified atom stereocenters. The summed E-state index contributed by atoms with van der Waals surface area (Å²) in [5.74, 6) is -3.25. The minimum absolute atomic E-state index is 0.287. The maximum Gasteiger partial charge on any atom is 0.181 e. The second-order valence-corrected chi connectivity index (χ2v) is 5.12. The van der Waals surface area contributed by atoms with Gasteiger partial charge in [-0.2, -0.15) is 0 Å². The molecule has 4 nitrogen and oxygen atoms in total. The predicted molar refractivity (Wildman–Crippen MR) is 52.9 cm³/mol. The maximum atomic E-state index is 13.3. The van der Waals surface area contributed by atoms with E-state index < -0.39 is 38.7 Å². The summed E-state index contributed by atoms with van der Waals surface area (Å²) in [6, 6.07) is 1.32. The molecule has 2 N–H and O–H groups in total. The Kier molecular flexibility index (Phi) is 3.39. The molecule has 0 atom stereocenters. The van der Waals surface area contributed by atoms with Crippen LogP contribution in [0.15, 0.2) is 17.0 Å². The van der Waals surface area contributed by atoms with E-state index in [4.69, 9.17) is 5.73 Å². The van der Waals surface area contributed by atoms with Crippen LogP contribution in [0.25, 0.3) is 0 Å². The van der Waals surface area contributed by atoms with Crippen LogP contribution in [0.2, 0.25) is 0 Å². The summed E-state index contributed by atoms with van der Waals surface area (Å²) in [4.78, 5) is 10.0. The lowest BCUT2D eigenvalue weighted by molar-refractivity contribution is 0.1000. The van der Waals surface area contributed by atoms with Crippen LogP contribution in [0.1, 0.15) is 10.4 Å². The van der Waals surface area contributed by atoms with Crippen molar-refractivity contribution in [3.05, 3.63) is 29.3 Å². The second kappa shape index (κ2) is 4.26. The zero-order valence-electron chi connectivity index (χ0n) is 8.33. The largest absolute Gasteiger partial charge is 0.324 e. The van der Waals surface area contributed by atoms with Crippen molar-refractivity contribution < 1.29 is 22.0 Å². The van der Waals surface area contributed by atoms with Crippen LogP contribution in [0.4, 0.5) is 8.78 Å². The number of hydrogen-bond donors (Lipinski definition) is 1. The molecule has 88 valence electrons. The quantitative estimate of drug-likeness (QED) is 0.792. The maximum absolute atomic E-state index is 13.3. The number of Topliss-reactive ketones (excluding diaryl/α,β-unsaturated/α-hetero) is 1. The molecule has 0 saturated heterocycles. The van der Waals surface area contributed by atoms with Crippen molar-refractivity contribution >= 4 is 15.6 Å². The molecule has 1 aromatic carbocycles. The Bertz CT molecular complexity index is 517. The standard InChI is InChI=1S/C9H9F2NO3S/c1-16(14,15)9-6(10)2-5(3-7(9)11)8(13)4-12/h2-3H,4,12H2,1H3. The Hall–Kier alpha value is -1.34. The number of halogens is 2. The van der Waals surface area contributed by atoms with Gasteiger partial charge in [-0.15, -0.1) is 0 Å². The van der Waals surface area contributed by atoms with E-state index in [1.165, 1.54) is 0 Å². The number of hydrogen-bond acceptors (Lipinski definition) is 4. The molecule has 0 bridgehead atoms. The Labute approximate surface area is 91.0 Å². The van der Waals surface area contributed by atoms with Crippen molar-refractivity contribution in [3.8, 4) is 0 Å². The third kappa shape index (κ3) is 2.42. The summed E-state index contributed by atoms with van der Waals surface area (Å²) in [5.41, 5.74) is 4.73. The zero-order chi connectivity index (χ0) is 12.5. The van der Waals surface area contributed by atoms with E-state index in [-0.39, 0.29) is 5.56 Å². The van der Waals surface area contributed by atoms with Gasteiger partial charge in [0.2, 0.25) is 0 Å². The first kappa shape index (κ1) is 12.7. The van der Waals surface area contributed by atoms with Gasteiger partial charge in [0, 0.05) is 11.8 Å². The van der Waals surface area contributed by atoms with E-state index in [0.29, 0.717) is 18.4 Å². The smallest absolute Gasteiger partial charge is 0.181 e. The van der Waals surface area contributed by atoms with Gasteiger partial charge in [0.1, 0.15) is 16.5 Å². The lowest BCUT2D eigenvalue weighted by Crippen LogP contribution is -2.15. The van der Waals surface area contributed by atoms with Crippen LogP contribution in [-0.2, 0) is 9.84 Å². The molecule has 0 aromatic heterocycles. The second-order valence-electron chi connectivity index (χ2n) is 3.17. The van der Waals surface area contributed by atoms with Crippen LogP contribution in [0.3, 0.4) is 0 Å². The average molecular weight is 249 g/mol. The molecule has 0 amide bonds. The van der Waals surface area contributed by atoms with Gasteiger partial charge in [-0.05, 0) is 12.1 Å². The molecule has 0 aliphatic rings. The summed E-state index contributed by atoms with van der Waals surface area (Å²) in [6.07, 6.45) is 0.679. The molecule has 0 spiro atoms. The highest BCUT2D eigenvalue weighted by molar-refractivity contribution is 7.90. The molecule has 0 saturated carbocycles. The van der Waals surface area contributed by atoms with E-state index in [1.807, 2.05) is 0 Å². The van der Waals surface area contributed by atoms with Crippen LogP contribution in [0, 0.1) is 11.6 Å². The van der Waals surface area contributed by atoms with Gasteiger partial charge in [0.05, 0.1) is 6.54 Å². The molecule has 16 heavy (non-hydrogen) atoms. The first-order chi connectivity index (χ1) is 7.27. The Balaban J connectivity index is 3.46. The van der Waals surface area contributed by atoms with Crippen molar-refractivity contribution in [2.75, 3.05) is 12.8 Å². The van der Waals surface area contributed by atoms with E-state index in [1.54, 1.807) is 0 Å². The van der Waals surface area contributed by atoms with Gasteiger partial charge in [-0.1, -0.05) is 0 Å². The Morgan fingerprint density at radius 2 is 1.75 bits per heavy atom. The fraction of sp³-hybridized carbons (Fsp3) is 0.222. The minimum Gasteiger partial charge on any atom is -0.324 e. The molecule has 7 heteroatoms. The summed E-state index contributed by atoms with van der Waals surface area (Å²) in [5, 5.41) is 0. The number of benzene rings is 1. The Morgan fingerprint density at radius 3 is 2.06 bits per heavy atom. The topological polar surface area (TPSA) is 77.2 Å². The van der Waals surface area contributed by atoms with Gasteiger partial charge in [-0.25, -0.2) is 17.2 Å². The van der Waals surface area contributed by atoms with Crippen LogP contribution in [0.5, 0.6) is 0 Å². The van der Waals surface area contributed by atoms with Gasteiger partial charge in [0.25, 0.3) is 0 Å². The fourth-order valence-corrected chi connectivity index (χ4v) is 2.02. The third-order valence-electron chi connectivity index (χ3n) is 1.88. The average Bonchev–Trinajstić information content (AvgIpc) is 2.13. The van der Waals surface area contributed by atoms with Gasteiger partial charge in [0.15, 0.2) is 15.6 Å². The molecule has 0 aliphatic carbocycles. The monoisotopic (exact) mass is 249 g/mol. The predicted octanol–water partition coefficient (Wildman–Crippen LogP) is 0.510. The van der Waals surface area contributed by atoms with Gasteiger partial charge in [-0.3, -0.25) is 4.79 Å². The number of carbonyl (C=O) groups excluding carboxylic acids is 1. The minimum atomic E-state index is -4.01. The lowest BCUT2D eigenvalue weighted by Gasteiger charge is -2.05. The first-order valence-electron chi connectivity index (χ1n) is 4.19. The molecule has 0 radical (unpaired) electrons. The molecular formula is C9H9F2NO3S. The SMILES string of the molecule is CS(=O)(=O)c1c(F)cc(C(=O)CN)cc1F. The van der Waals surface area contributed by atoms with Gasteiger partial charge >= 0.3 is 0 Å². The van der Waals surface area contributed by atoms with Crippen LogP contribution < -0.4 is 5.73 Å². The highest BCUT2D eigenvalue weighted by Crippen LogP contribution is 2.20. The van der Waals surface area contributed by atoms with E-state index in [0.717, 1.165) is 0 Å². The summed E-state index contributed by atoms with van der Waals surface area (Å²) >= 11 is 0. The lowest BCUT2D eigenvalue weighted by atomic mass is 10.1. The van der Waals surface area contributed by atoms with Gasteiger partial charge < -0.3 is 5.73 Å². The van der Waals surface area contributed by atoms with Crippen molar-refractivity contribution in [2.24, 2.45) is 5.73 Å². The van der Waals surface area contributed by atoms with Crippen LogP contribution >= 0.6 is 0 Å². The normalized spacial score (nSPS) is 11.5. The molecule has 1 rings (SSSR count). The van der Waals surface area contributed by atoms with E-state index in [9.17, 15) is 22.0 Å². The number of carbonyl (C=O) groups is 1. The van der Waals surface area contributed by atoms with Crippen molar-refractivity contribution in [1.82, 2.24) is 0 Å². The highest BCUT2D eigenvalue weighted by atomic mass is 32.2. The molecular weight excluding hydrogens is 240 g/mol. The van der Waals surface area contributed by atoms with Crippen molar-refractivity contribution in [1.29, 1.82) is 0 Å². The van der Waals surface area contributed by atoms with E-state index in [2.05, 4.69) is 0 Å². The Morgan fingerprint density at radius 1 is 1.31 bits per heavy atom. The number of rotatable bonds is 3. The number of nitrogens with two attached hydrogens (primary N) is 1. The number of ketones is 1. The summed E-state index contributed by atoms with van der Waals surface area (Å²) in [7, 11) is -4.01. The summed E-state index contributed by atoms with van der Waals surface area (Å²) < 4.78 is 48.7. The highest BCUT2D eigenvalue weighted by Gasteiger charge is 2.21. The third-order valence-corrected chi connectivity index (χ3v) is 3.01. The summed E-state index contributed by atoms with van der Waals surface area (Å²) in [6.45, 7) is -0.406. The zero-order valence-corrected chi connectivity index (χ0v) is 9.14. The molecule has 0 aliphatic heterocycles. The molecule has 0 fully saturated rings. The van der Waals surface area contributed by atoms with Crippen molar-refractivity contribution in [3.63, 3.8) is 0 Å². The molecule has 1 aromatic rings. The van der Waals surface area contributed by atoms with Crippen LogP contribution in [-0.4, -0.2) is 27.0 Å².